The van der Waals surface area contributed by atoms with E-state index in [9.17, 15) is 0 Å². The van der Waals surface area contributed by atoms with Crippen LogP contribution in [0.5, 0.6) is 0 Å². The molecule has 2 aromatic carbocycles. The van der Waals surface area contributed by atoms with Crippen LogP contribution in [0.1, 0.15) is 82.8 Å². The van der Waals surface area contributed by atoms with Crippen LogP contribution in [0.25, 0.3) is 0 Å². The quantitative estimate of drug-likeness (QED) is 0.296. The van der Waals surface area contributed by atoms with E-state index in [0.717, 1.165) is 11.8 Å². The normalized spacial score (nSPS) is 13.4. The summed E-state index contributed by atoms with van der Waals surface area (Å²) in [4.78, 5) is 0. The number of benzene rings is 2. The van der Waals surface area contributed by atoms with Gasteiger partial charge in [0.15, 0.2) is 0 Å². The zero-order chi connectivity index (χ0) is 19.2. The van der Waals surface area contributed by atoms with E-state index < -0.39 is 0 Å². The molecule has 0 radical (unpaired) electrons. The maximum atomic E-state index is 2.44. The van der Waals surface area contributed by atoms with Gasteiger partial charge in [-0.3, -0.25) is 0 Å². The van der Waals surface area contributed by atoms with Crippen molar-refractivity contribution >= 4 is 0 Å². The fourth-order valence-electron chi connectivity index (χ4n) is 4.05. The molecule has 0 aromatic heterocycles. The molecule has 0 fully saturated rings. The van der Waals surface area contributed by atoms with Crippen molar-refractivity contribution in [2.45, 2.75) is 84.5 Å². The summed E-state index contributed by atoms with van der Waals surface area (Å²) in [5, 5.41) is 0. The first-order chi connectivity index (χ1) is 13.2. The second kappa shape index (κ2) is 13.6. The van der Waals surface area contributed by atoms with E-state index in [-0.39, 0.29) is 0 Å². The summed E-state index contributed by atoms with van der Waals surface area (Å²) in [5.74, 6) is 1.77. The van der Waals surface area contributed by atoms with Crippen molar-refractivity contribution in [2.75, 3.05) is 0 Å². The van der Waals surface area contributed by atoms with E-state index in [0.29, 0.717) is 0 Å². The molecule has 0 spiro atoms. The van der Waals surface area contributed by atoms with Crippen molar-refractivity contribution < 1.29 is 0 Å². The molecule has 0 aliphatic heterocycles. The molecule has 0 aliphatic carbocycles. The third kappa shape index (κ3) is 10.4. The molecule has 0 saturated carbocycles. The van der Waals surface area contributed by atoms with Crippen molar-refractivity contribution in [2.24, 2.45) is 11.8 Å². The maximum absolute atomic E-state index is 2.44. The molecule has 0 saturated heterocycles. The lowest BCUT2D eigenvalue weighted by Crippen LogP contribution is -1.98. The van der Waals surface area contributed by atoms with Crippen LogP contribution >= 0.6 is 0 Å². The summed E-state index contributed by atoms with van der Waals surface area (Å²) < 4.78 is 0. The van der Waals surface area contributed by atoms with E-state index in [1.165, 1.54) is 81.8 Å². The topological polar surface area (TPSA) is 0 Å². The summed E-state index contributed by atoms with van der Waals surface area (Å²) in [6.07, 6.45) is 15.0. The molecular weight excluding hydrogens is 324 g/mol. The van der Waals surface area contributed by atoms with Crippen molar-refractivity contribution in [3.8, 4) is 0 Å². The summed E-state index contributed by atoms with van der Waals surface area (Å²) in [6.45, 7) is 4.88. The molecule has 2 aromatic rings. The number of unbranched alkanes of at least 4 members (excludes halogenated alkanes) is 2. The monoisotopic (exact) mass is 364 g/mol. The number of rotatable bonds is 14. The largest absolute Gasteiger partial charge is 0.0625 e. The molecule has 2 rings (SSSR count). The zero-order valence-electron chi connectivity index (χ0n) is 17.7. The minimum Gasteiger partial charge on any atom is -0.0625 e. The second-order valence-corrected chi connectivity index (χ2v) is 8.60. The van der Waals surface area contributed by atoms with E-state index in [1.807, 2.05) is 0 Å². The first-order valence-electron chi connectivity index (χ1n) is 11.3. The van der Waals surface area contributed by atoms with Gasteiger partial charge < -0.3 is 0 Å². The van der Waals surface area contributed by atoms with Gasteiger partial charge in [-0.15, -0.1) is 0 Å². The first-order valence-corrected chi connectivity index (χ1v) is 11.3. The molecule has 0 N–H and O–H groups in total. The Balaban J connectivity index is 1.41. The number of aryl methyl sites for hydroxylation is 2. The average molecular weight is 365 g/mol. The maximum Gasteiger partial charge on any atom is -0.0279 e. The minimum absolute atomic E-state index is 0.886. The SMILES string of the molecule is C[C@H](CCCCC[C@H](C)CCCc1ccccc1)CCCc1ccccc1. The van der Waals surface area contributed by atoms with Crippen LogP contribution in [0.3, 0.4) is 0 Å². The molecule has 0 nitrogen and oxygen atoms in total. The lowest BCUT2D eigenvalue weighted by atomic mass is 9.93. The van der Waals surface area contributed by atoms with Crippen molar-refractivity contribution in [1.29, 1.82) is 0 Å². The van der Waals surface area contributed by atoms with Gasteiger partial charge in [0.25, 0.3) is 0 Å². The van der Waals surface area contributed by atoms with Gasteiger partial charge in [0.05, 0.1) is 0 Å². The molecule has 0 bridgehead atoms. The van der Waals surface area contributed by atoms with Crippen LogP contribution in [-0.2, 0) is 12.8 Å². The van der Waals surface area contributed by atoms with Crippen LogP contribution in [0.4, 0.5) is 0 Å². The molecule has 0 unspecified atom stereocenters. The molecule has 0 aliphatic rings. The smallest absolute Gasteiger partial charge is 0.0279 e. The van der Waals surface area contributed by atoms with E-state index >= 15 is 0 Å². The van der Waals surface area contributed by atoms with E-state index in [1.54, 1.807) is 0 Å². The van der Waals surface area contributed by atoms with Gasteiger partial charge in [0.1, 0.15) is 0 Å². The second-order valence-electron chi connectivity index (χ2n) is 8.60. The Kier molecular flexibility index (Phi) is 10.9. The van der Waals surface area contributed by atoms with Gasteiger partial charge in [0, 0.05) is 0 Å². The highest BCUT2D eigenvalue weighted by atomic mass is 14.1. The van der Waals surface area contributed by atoms with Gasteiger partial charge in [-0.2, -0.15) is 0 Å². The van der Waals surface area contributed by atoms with E-state index in [4.69, 9.17) is 0 Å². The molecule has 0 heteroatoms. The Morgan fingerprint density at radius 2 is 0.852 bits per heavy atom. The molecule has 148 valence electrons. The Morgan fingerprint density at radius 3 is 1.26 bits per heavy atom. The van der Waals surface area contributed by atoms with Gasteiger partial charge in [-0.05, 0) is 48.6 Å². The third-order valence-electron chi connectivity index (χ3n) is 5.90. The van der Waals surface area contributed by atoms with Gasteiger partial charge in [-0.25, -0.2) is 0 Å². The first kappa shape index (κ1) is 21.7. The Hall–Kier alpha value is -1.56. The fraction of sp³-hybridized carbons (Fsp3) is 0.556. The van der Waals surface area contributed by atoms with Gasteiger partial charge in [0.2, 0.25) is 0 Å². The Bertz CT molecular complexity index is 518. The highest BCUT2D eigenvalue weighted by molar-refractivity contribution is 5.15. The van der Waals surface area contributed by atoms with Crippen LogP contribution in [0.2, 0.25) is 0 Å². The summed E-state index contributed by atoms with van der Waals surface area (Å²) in [7, 11) is 0. The standard InChI is InChI=1S/C27H40/c1-24(16-12-22-26-18-8-4-9-19-26)14-6-3-7-15-25(2)17-13-23-27-20-10-5-11-21-27/h4-5,8-11,18-21,24-25H,3,6-7,12-17,22-23H2,1-2H3/t24-,25+. The minimum atomic E-state index is 0.886. The third-order valence-corrected chi connectivity index (χ3v) is 5.90. The van der Waals surface area contributed by atoms with Crippen molar-refractivity contribution in [3.05, 3.63) is 71.8 Å². The fourth-order valence-corrected chi connectivity index (χ4v) is 4.05. The molecule has 0 amide bonds. The van der Waals surface area contributed by atoms with Crippen molar-refractivity contribution in [1.82, 2.24) is 0 Å². The summed E-state index contributed by atoms with van der Waals surface area (Å²) in [6, 6.07) is 21.9. The predicted octanol–water partition coefficient (Wildman–Crippen LogP) is 8.25. The molecule has 27 heavy (non-hydrogen) atoms. The Labute approximate surface area is 168 Å². The van der Waals surface area contributed by atoms with Crippen LogP contribution in [-0.4, -0.2) is 0 Å². The van der Waals surface area contributed by atoms with Crippen LogP contribution < -0.4 is 0 Å². The molecular formula is C27H40. The molecule has 2 atom stereocenters. The van der Waals surface area contributed by atoms with Crippen LogP contribution in [0.15, 0.2) is 60.7 Å². The predicted molar refractivity (Wildman–Crippen MR) is 120 cm³/mol. The lowest BCUT2D eigenvalue weighted by molar-refractivity contribution is 0.417. The van der Waals surface area contributed by atoms with Gasteiger partial charge >= 0.3 is 0 Å². The number of hydrogen-bond donors (Lipinski definition) is 0. The zero-order valence-corrected chi connectivity index (χ0v) is 17.7. The van der Waals surface area contributed by atoms with Crippen molar-refractivity contribution in [3.63, 3.8) is 0 Å². The molecule has 0 heterocycles. The summed E-state index contributed by atoms with van der Waals surface area (Å²) in [5.41, 5.74) is 2.98. The highest BCUT2D eigenvalue weighted by Crippen LogP contribution is 2.20. The van der Waals surface area contributed by atoms with E-state index in [2.05, 4.69) is 74.5 Å². The number of hydrogen-bond acceptors (Lipinski definition) is 0. The Morgan fingerprint density at radius 1 is 0.481 bits per heavy atom. The highest BCUT2D eigenvalue weighted by Gasteiger charge is 2.05. The lowest BCUT2D eigenvalue weighted by Gasteiger charge is -2.13. The summed E-state index contributed by atoms with van der Waals surface area (Å²) >= 11 is 0. The van der Waals surface area contributed by atoms with Gasteiger partial charge in [-0.1, -0.05) is 119 Å². The average Bonchev–Trinajstić information content (AvgIpc) is 2.69. The van der Waals surface area contributed by atoms with Crippen LogP contribution in [0, 0.1) is 11.8 Å².